The molecular formula is C21H19N5O2. The molecule has 0 bridgehead atoms. The smallest absolute Gasteiger partial charge is 0.267 e. The van der Waals surface area contributed by atoms with Crippen molar-refractivity contribution in [3.8, 4) is 28.8 Å². The summed E-state index contributed by atoms with van der Waals surface area (Å²) in [5.74, 6) is 0.841. The summed E-state index contributed by atoms with van der Waals surface area (Å²) in [5.41, 5.74) is 2.05. The van der Waals surface area contributed by atoms with Crippen LogP contribution in [0.15, 0.2) is 77.7 Å². The second kappa shape index (κ2) is 7.48. The van der Waals surface area contributed by atoms with Gasteiger partial charge in [-0.1, -0.05) is 24.3 Å². The minimum absolute atomic E-state index is 0.0511. The normalized spacial score (nSPS) is 11.0. The van der Waals surface area contributed by atoms with Crippen LogP contribution in [0.5, 0.6) is 11.8 Å². The highest BCUT2D eigenvalue weighted by Crippen LogP contribution is 2.27. The van der Waals surface area contributed by atoms with Gasteiger partial charge in [-0.2, -0.15) is 5.10 Å². The fourth-order valence-electron chi connectivity index (χ4n) is 2.80. The van der Waals surface area contributed by atoms with E-state index in [1.165, 1.54) is 10.7 Å². The van der Waals surface area contributed by atoms with E-state index in [2.05, 4.69) is 15.2 Å². The standard InChI is InChI=1S/C21H19N5O2/c1-15(2)25-21(27)12-11-17(23-25)18-14-20(28-19-10-6-7-13-22-19)24-26(18)16-8-4-3-5-9-16/h3-15H,1-2H3. The topological polar surface area (TPSA) is 74.8 Å². The van der Waals surface area contributed by atoms with E-state index in [1.54, 1.807) is 29.1 Å². The lowest BCUT2D eigenvalue weighted by Gasteiger charge is -2.11. The molecule has 0 unspecified atom stereocenters. The van der Waals surface area contributed by atoms with Gasteiger partial charge in [-0.05, 0) is 38.1 Å². The molecule has 4 rings (SSSR count). The number of aromatic nitrogens is 5. The fourth-order valence-corrected chi connectivity index (χ4v) is 2.80. The number of hydrogen-bond donors (Lipinski definition) is 0. The van der Waals surface area contributed by atoms with Crippen LogP contribution < -0.4 is 10.3 Å². The number of pyridine rings is 1. The molecule has 0 atom stereocenters. The molecule has 4 aromatic rings. The zero-order valence-corrected chi connectivity index (χ0v) is 15.6. The predicted molar refractivity (Wildman–Crippen MR) is 106 cm³/mol. The van der Waals surface area contributed by atoms with Gasteiger partial charge in [0, 0.05) is 24.4 Å². The molecule has 0 aliphatic carbocycles. The van der Waals surface area contributed by atoms with Crippen molar-refractivity contribution >= 4 is 0 Å². The first kappa shape index (κ1) is 17.7. The van der Waals surface area contributed by atoms with Gasteiger partial charge in [-0.3, -0.25) is 4.79 Å². The minimum atomic E-state index is -0.144. The number of rotatable bonds is 5. The summed E-state index contributed by atoms with van der Waals surface area (Å²) < 4.78 is 9.01. The van der Waals surface area contributed by atoms with E-state index >= 15 is 0 Å². The van der Waals surface area contributed by atoms with E-state index < -0.39 is 0 Å². The first-order valence-electron chi connectivity index (χ1n) is 8.96. The second-order valence-electron chi connectivity index (χ2n) is 6.48. The van der Waals surface area contributed by atoms with E-state index in [9.17, 15) is 4.79 Å². The third-order valence-electron chi connectivity index (χ3n) is 4.11. The van der Waals surface area contributed by atoms with Crippen molar-refractivity contribution < 1.29 is 4.74 Å². The highest BCUT2D eigenvalue weighted by molar-refractivity contribution is 5.59. The quantitative estimate of drug-likeness (QED) is 0.531. The summed E-state index contributed by atoms with van der Waals surface area (Å²) in [6.07, 6.45) is 1.66. The Morgan fingerprint density at radius 1 is 0.893 bits per heavy atom. The van der Waals surface area contributed by atoms with Gasteiger partial charge in [-0.15, -0.1) is 5.10 Å². The van der Waals surface area contributed by atoms with Gasteiger partial charge >= 0.3 is 0 Å². The third kappa shape index (κ3) is 3.55. The molecule has 7 nitrogen and oxygen atoms in total. The van der Waals surface area contributed by atoms with Crippen LogP contribution >= 0.6 is 0 Å². The first-order chi connectivity index (χ1) is 13.6. The Bertz CT molecular complexity index is 1130. The van der Waals surface area contributed by atoms with Crippen LogP contribution in [0.25, 0.3) is 17.1 Å². The van der Waals surface area contributed by atoms with Gasteiger partial charge in [0.15, 0.2) is 0 Å². The number of ether oxygens (including phenoxy) is 1. The molecule has 140 valence electrons. The fraction of sp³-hybridized carbons (Fsp3) is 0.143. The molecule has 0 aliphatic heterocycles. The van der Waals surface area contributed by atoms with E-state index in [0.717, 1.165) is 5.69 Å². The largest absolute Gasteiger partial charge is 0.419 e. The lowest BCUT2D eigenvalue weighted by Crippen LogP contribution is -2.24. The Kier molecular flexibility index (Phi) is 4.72. The van der Waals surface area contributed by atoms with Gasteiger partial charge in [-0.25, -0.2) is 14.3 Å². The molecule has 0 radical (unpaired) electrons. The molecule has 0 N–H and O–H groups in total. The van der Waals surface area contributed by atoms with Crippen LogP contribution in [0.4, 0.5) is 0 Å². The first-order valence-corrected chi connectivity index (χ1v) is 8.96. The highest BCUT2D eigenvalue weighted by atomic mass is 16.5. The Morgan fingerprint density at radius 3 is 2.39 bits per heavy atom. The summed E-state index contributed by atoms with van der Waals surface area (Å²) in [7, 11) is 0. The van der Waals surface area contributed by atoms with E-state index in [-0.39, 0.29) is 11.6 Å². The summed E-state index contributed by atoms with van der Waals surface area (Å²) in [4.78, 5) is 16.3. The zero-order chi connectivity index (χ0) is 19.5. The maximum Gasteiger partial charge on any atom is 0.267 e. The van der Waals surface area contributed by atoms with Crippen LogP contribution in [0, 0.1) is 0 Å². The van der Waals surface area contributed by atoms with Gasteiger partial charge in [0.1, 0.15) is 5.69 Å². The highest BCUT2D eigenvalue weighted by Gasteiger charge is 2.16. The van der Waals surface area contributed by atoms with Crippen molar-refractivity contribution in [1.29, 1.82) is 0 Å². The second-order valence-corrected chi connectivity index (χ2v) is 6.48. The van der Waals surface area contributed by atoms with Crippen molar-refractivity contribution in [2.75, 3.05) is 0 Å². The molecule has 0 amide bonds. The average molecular weight is 373 g/mol. The number of nitrogens with zero attached hydrogens (tertiary/aromatic N) is 5. The SMILES string of the molecule is CC(C)n1nc(-c2cc(Oc3ccccn3)nn2-c2ccccc2)ccc1=O. The molecule has 3 heterocycles. The average Bonchev–Trinajstić information content (AvgIpc) is 3.13. The molecule has 7 heteroatoms. The van der Waals surface area contributed by atoms with Gasteiger partial charge in [0.25, 0.3) is 5.56 Å². The van der Waals surface area contributed by atoms with Crippen LogP contribution in [-0.2, 0) is 0 Å². The summed E-state index contributed by atoms with van der Waals surface area (Å²) in [6.45, 7) is 3.84. The van der Waals surface area contributed by atoms with Crippen molar-refractivity contribution in [1.82, 2.24) is 24.5 Å². The molecular weight excluding hydrogens is 354 g/mol. The van der Waals surface area contributed by atoms with Crippen LogP contribution in [0.3, 0.4) is 0 Å². The Hall–Kier alpha value is -3.74. The molecule has 1 aromatic carbocycles. The molecule has 0 spiro atoms. The van der Waals surface area contributed by atoms with E-state index in [4.69, 9.17) is 4.74 Å². The molecule has 0 saturated carbocycles. The zero-order valence-electron chi connectivity index (χ0n) is 15.6. The molecule has 3 aromatic heterocycles. The monoisotopic (exact) mass is 373 g/mol. The van der Waals surface area contributed by atoms with Crippen molar-refractivity contribution in [3.05, 3.63) is 83.3 Å². The van der Waals surface area contributed by atoms with Gasteiger partial charge < -0.3 is 4.74 Å². The molecule has 0 aliphatic rings. The number of benzene rings is 1. The van der Waals surface area contributed by atoms with Crippen molar-refractivity contribution in [2.45, 2.75) is 19.9 Å². The Balaban J connectivity index is 1.83. The number of para-hydroxylation sites is 1. The van der Waals surface area contributed by atoms with Crippen LogP contribution in [0.1, 0.15) is 19.9 Å². The minimum Gasteiger partial charge on any atom is -0.419 e. The summed E-state index contributed by atoms with van der Waals surface area (Å²) in [5, 5.41) is 9.10. The van der Waals surface area contributed by atoms with E-state index in [1.807, 2.05) is 56.3 Å². The molecule has 0 fully saturated rings. The Labute approximate surface area is 161 Å². The lowest BCUT2D eigenvalue weighted by atomic mass is 10.2. The van der Waals surface area contributed by atoms with Crippen LogP contribution in [0.2, 0.25) is 0 Å². The summed E-state index contributed by atoms with van der Waals surface area (Å²) >= 11 is 0. The predicted octanol–water partition coefficient (Wildman–Crippen LogP) is 3.86. The maximum atomic E-state index is 12.1. The Morgan fingerprint density at radius 2 is 1.68 bits per heavy atom. The van der Waals surface area contributed by atoms with Gasteiger partial charge in [0.2, 0.25) is 11.8 Å². The van der Waals surface area contributed by atoms with Crippen molar-refractivity contribution in [2.24, 2.45) is 0 Å². The maximum absolute atomic E-state index is 12.1. The van der Waals surface area contributed by atoms with Crippen LogP contribution in [-0.4, -0.2) is 24.5 Å². The third-order valence-corrected chi connectivity index (χ3v) is 4.11. The lowest BCUT2D eigenvalue weighted by molar-refractivity contribution is 0.440. The molecule has 28 heavy (non-hydrogen) atoms. The van der Waals surface area contributed by atoms with E-state index in [0.29, 0.717) is 23.1 Å². The van der Waals surface area contributed by atoms with Gasteiger partial charge in [0.05, 0.1) is 17.4 Å². The summed E-state index contributed by atoms with van der Waals surface area (Å²) in [6, 6.07) is 20.1. The molecule has 0 saturated heterocycles. The van der Waals surface area contributed by atoms with Crippen molar-refractivity contribution in [3.63, 3.8) is 0 Å². The number of hydrogen-bond acceptors (Lipinski definition) is 5.